The highest BCUT2D eigenvalue weighted by molar-refractivity contribution is 6.39. The van der Waals surface area contributed by atoms with Gasteiger partial charge in [0, 0.05) is 30.8 Å². The van der Waals surface area contributed by atoms with E-state index in [1.807, 2.05) is 54.6 Å². The van der Waals surface area contributed by atoms with Gasteiger partial charge in [0.15, 0.2) is 0 Å². The first-order valence-corrected chi connectivity index (χ1v) is 8.43. The van der Waals surface area contributed by atoms with E-state index in [0.717, 1.165) is 31.5 Å². The van der Waals surface area contributed by atoms with Gasteiger partial charge in [0.05, 0.1) is 11.4 Å². The molecule has 0 fully saturated rings. The van der Waals surface area contributed by atoms with Crippen LogP contribution >= 0.6 is 0 Å². The lowest BCUT2D eigenvalue weighted by molar-refractivity contribution is 0.410. The van der Waals surface area contributed by atoms with Gasteiger partial charge in [-0.15, -0.1) is 0 Å². The Morgan fingerprint density at radius 2 is 1.59 bits per heavy atom. The number of nitrogens with zero attached hydrogens (tertiary/aromatic N) is 3. The fourth-order valence-corrected chi connectivity index (χ4v) is 3.20. The molecule has 3 aromatic rings. The van der Waals surface area contributed by atoms with Crippen LogP contribution in [0.15, 0.2) is 69.2 Å². The molecule has 0 amide bonds. The molecule has 1 aromatic heterocycles. The van der Waals surface area contributed by atoms with Crippen LogP contribution in [0.3, 0.4) is 0 Å². The molecule has 6 nitrogen and oxygen atoms in total. The number of aromatic nitrogens is 2. The number of hydrogen-bond donors (Lipinski definition) is 1. The molecule has 0 atom stereocenters. The van der Waals surface area contributed by atoms with Crippen molar-refractivity contribution < 1.29 is 5.11 Å². The number of allylic oxidation sites excluding steroid dienone is 1. The van der Waals surface area contributed by atoms with Crippen LogP contribution in [-0.2, 0) is 14.1 Å². The van der Waals surface area contributed by atoms with Crippen molar-refractivity contribution in [3.05, 3.63) is 92.1 Å². The number of para-hydroxylation sites is 1. The third kappa shape index (κ3) is 2.62. The molecule has 6 heteroatoms. The fraction of sp³-hybridized carbons (Fsp3) is 0.0952. The molecule has 134 valence electrons. The van der Waals surface area contributed by atoms with Gasteiger partial charge >= 0.3 is 5.69 Å². The Hall–Kier alpha value is -3.67. The van der Waals surface area contributed by atoms with E-state index in [1.54, 1.807) is 6.08 Å². The zero-order valence-electron chi connectivity index (χ0n) is 14.9. The Labute approximate surface area is 155 Å². The number of rotatable bonds is 2. The van der Waals surface area contributed by atoms with Gasteiger partial charge in [-0.3, -0.25) is 13.9 Å². The van der Waals surface area contributed by atoms with Crippen molar-refractivity contribution in [2.24, 2.45) is 19.1 Å². The summed E-state index contributed by atoms with van der Waals surface area (Å²) in [7, 11) is 2.81. The number of aliphatic imine (C=N–C) groups is 1. The van der Waals surface area contributed by atoms with Crippen molar-refractivity contribution in [1.82, 2.24) is 9.13 Å². The fourth-order valence-electron chi connectivity index (χ4n) is 3.20. The lowest BCUT2D eigenvalue weighted by Gasteiger charge is -2.10. The molecule has 2 aromatic carbocycles. The zero-order valence-corrected chi connectivity index (χ0v) is 14.9. The van der Waals surface area contributed by atoms with E-state index >= 15 is 0 Å². The van der Waals surface area contributed by atoms with Crippen molar-refractivity contribution in [1.29, 1.82) is 0 Å². The zero-order chi connectivity index (χ0) is 19.1. The first-order chi connectivity index (χ1) is 13.0. The van der Waals surface area contributed by atoms with Gasteiger partial charge in [0.2, 0.25) is 5.88 Å². The second-order valence-electron chi connectivity index (χ2n) is 6.34. The molecule has 0 unspecified atom stereocenters. The molecule has 0 saturated carbocycles. The molecule has 1 aliphatic rings. The predicted octanol–water partition coefficient (Wildman–Crippen LogP) is 2.46. The summed E-state index contributed by atoms with van der Waals surface area (Å²) < 4.78 is 2.03. The predicted molar refractivity (Wildman–Crippen MR) is 106 cm³/mol. The second kappa shape index (κ2) is 6.25. The van der Waals surface area contributed by atoms with Crippen LogP contribution in [0.1, 0.15) is 16.7 Å². The molecule has 1 aliphatic heterocycles. The molecule has 0 aliphatic carbocycles. The first kappa shape index (κ1) is 16.8. The van der Waals surface area contributed by atoms with Crippen molar-refractivity contribution in [2.45, 2.75) is 0 Å². The maximum atomic E-state index is 12.6. The van der Waals surface area contributed by atoms with Crippen LogP contribution in [0.2, 0.25) is 0 Å². The molecular formula is C21H17N3O3. The summed E-state index contributed by atoms with van der Waals surface area (Å²) in [5.74, 6) is -0.368. The Bertz CT molecular complexity index is 1230. The Kier molecular flexibility index (Phi) is 3.88. The third-order valence-corrected chi connectivity index (χ3v) is 4.69. The van der Waals surface area contributed by atoms with Crippen molar-refractivity contribution in [3.63, 3.8) is 0 Å². The number of aromatic hydroxyl groups is 1. The van der Waals surface area contributed by atoms with Crippen molar-refractivity contribution in [3.8, 4) is 5.88 Å². The third-order valence-electron chi connectivity index (χ3n) is 4.69. The summed E-state index contributed by atoms with van der Waals surface area (Å²) in [6, 6.07) is 17.3. The minimum atomic E-state index is -0.580. The molecule has 0 spiro atoms. The smallest absolute Gasteiger partial charge is 0.333 e. The summed E-state index contributed by atoms with van der Waals surface area (Å²) in [6.07, 6.45) is 1.61. The second-order valence-corrected chi connectivity index (χ2v) is 6.34. The van der Waals surface area contributed by atoms with E-state index in [9.17, 15) is 14.7 Å². The standard InChI is InChI=1S/C21H17N3O3/c1-23-19(25)16(20(26)24(2)21(23)27)12-15-14-10-6-7-11-17(14)22-18(15)13-8-4-3-5-9-13/h3-12,25H,1-2H3/b15-12-. The van der Waals surface area contributed by atoms with E-state index < -0.39 is 11.2 Å². The number of benzene rings is 2. The molecule has 27 heavy (non-hydrogen) atoms. The van der Waals surface area contributed by atoms with E-state index in [2.05, 4.69) is 0 Å². The number of hydrogen-bond acceptors (Lipinski definition) is 4. The Morgan fingerprint density at radius 3 is 2.33 bits per heavy atom. The maximum absolute atomic E-state index is 12.6. The molecule has 1 N–H and O–H groups in total. The van der Waals surface area contributed by atoms with Gasteiger partial charge in [0.1, 0.15) is 5.56 Å². The van der Waals surface area contributed by atoms with Crippen LogP contribution in [0.5, 0.6) is 5.88 Å². The average molecular weight is 359 g/mol. The van der Waals surface area contributed by atoms with Crippen LogP contribution in [0.4, 0.5) is 5.69 Å². The normalized spacial score (nSPS) is 14.3. The quantitative estimate of drug-likeness (QED) is 0.764. The van der Waals surface area contributed by atoms with Crippen molar-refractivity contribution >= 4 is 23.0 Å². The highest BCUT2D eigenvalue weighted by atomic mass is 16.3. The van der Waals surface area contributed by atoms with Gasteiger partial charge in [-0.25, -0.2) is 9.79 Å². The Balaban J connectivity index is 2.01. The van der Waals surface area contributed by atoms with Crippen LogP contribution in [0.25, 0.3) is 11.6 Å². The SMILES string of the molecule is Cn1c(O)c(/C=C2\C(c3ccccc3)=Nc3ccccc32)c(=O)n(C)c1=O. The molecule has 2 heterocycles. The molecular weight excluding hydrogens is 342 g/mol. The first-order valence-electron chi connectivity index (χ1n) is 8.43. The Morgan fingerprint density at radius 1 is 0.926 bits per heavy atom. The van der Waals surface area contributed by atoms with Gasteiger partial charge in [-0.05, 0) is 12.1 Å². The lowest BCUT2D eigenvalue weighted by Crippen LogP contribution is -2.38. The van der Waals surface area contributed by atoms with Crippen LogP contribution in [-0.4, -0.2) is 20.0 Å². The summed E-state index contributed by atoms with van der Waals surface area (Å²) in [6.45, 7) is 0. The molecule has 4 rings (SSSR count). The van der Waals surface area contributed by atoms with Gasteiger partial charge in [-0.2, -0.15) is 0 Å². The largest absolute Gasteiger partial charge is 0.494 e. The van der Waals surface area contributed by atoms with Gasteiger partial charge in [-0.1, -0.05) is 48.5 Å². The van der Waals surface area contributed by atoms with Gasteiger partial charge in [0.25, 0.3) is 5.56 Å². The summed E-state index contributed by atoms with van der Waals surface area (Å²) >= 11 is 0. The van der Waals surface area contributed by atoms with E-state index in [4.69, 9.17) is 4.99 Å². The van der Waals surface area contributed by atoms with E-state index in [1.165, 1.54) is 14.1 Å². The van der Waals surface area contributed by atoms with E-state index in [-0.39, 0.29) is 11.4 Å². The average Bonchev–Trinajstić information content (AvgIpc) is 3.07. The highest BCUT2D eigenvalue weighted by Gasteiger charge is 2.23. The van der Waals surface area contributed by atoms with Crippen LogP contribution < -0.4 is 11.2 Å². The minimum absolute atomic E-state index is 0.0509. The number of fused-ring (bicyclic) bond motifs is 1. The van der Waals surface area contributed by atoms with Crippen molar-refractivity contribution in [2.75, 3.05) is 0 Å². The molecule has 0 radical (unpaired) electrons. The monoisotopic (exact) mass is 359 g/mol. The summed E-state index contributed by atoms with van der Waals surface area (Å²) in [5.41, 5.74) is 2.92. The highest BCUT2D eigenvalue weighted by Crippen LogP contribution is 2.38. The van der Waals surface area contributed by atoms with E-state index in [0.29, 0.717) is 5.71 Å². The summed E-state index contributed by atoms with van der Waals surface area (Å²) in [4.78, 5) is 29.3. The molecule has 0 saturated heterocycles. The minimum Gasteiger partial charge on any atom is -0.494 e. The maximum Gasteiger partial charge on any atom is 0.333 e. The van der Waals surface area contributed by atoms with Gasteiger partial charge < -0.3 is 5.11 Å². The topological polar surface area (TPSA) is 76.6 Å². The van der Waals surface area contributed by atoms with Crippen LogP contribution in [0, 0.1) is 0 Å². The lowest BCUT2D eigenvalue weighted by atomic mass is 9.96. The molecule has 0 bridgehead atoms. The summed E-state index contributed by atoms with van der Waals surface area (Å²) in [5, 5.41) is 10.4.